The Labute approximate surface area is 151 Å². The molecule has 0 bridgehead atoms. The lowest BCUT2D eigenvalue weighted by atomic mass is 10.1. The van der Waals surface area contributed by atoms with Crippen LogP contribution in [-0.2, 0) is 11.2 Å². The van der Waals surface area contributed by atoms with E-state index in [-0.39, 0.29) is 5.91 Å². The molecule has 0 atom stereocenters. The normalized spacial score (nSPS) is 10.8. The zero-order valence-corrected chi connectivity index (χ0v) is 14.2. The minimum atomic E-state index is 0.0101. The Morgan fingerprint density at radius 1 is 0.885 bits per heavy atom. The van der Waals surface area contributed by atoms with Crippen LogP contribution in [0.4, 0.5) is 17.1 Å². The maximum Gasteiger partial charge on any atom is 0.235 e. The standard InChI is InChI=1S/C22H19N3O/c23-18-7-9-20(10-8-18)25(19-4-2-1-3-5-19)22(26)15-16-6-11-21-17(14-16)12-13-24-21/h1-14,24H,15,23H2. The number of carbonyl (C=O) groups is 1. The summed E-state index contributed by atoms with van der Waals surface area (Å²) in [6, 6.07) is 25.1. The van der Waals surface area contributed by atoms with Gasteiger partial charge in [0.15, 0.2) is 0 Å². The number of carbonyl (C=O) groups excluding carboxylic acids is 1. The molecule has 4 heteroatoms. The number of fused-ring (bicyclic) bond motifs is 1. The summed E-state index contributed by atoms with van der Waals surface area (Å²) in [7, 11) is 0. The molecule has 0 unspecified atom stereocenters. The largest absolute Gasteiger partial charge is 0.399 e. The molecule has 4 aromatic rings. The third kappa shape index (κ3) is 3.17. The zero-order valence-electron chi connectivity index (χ0n) is 14.2. The number of para-hydroxylation sites is 1. The molecule has 1 amide bonds. The molecular weight excluding hydrogens is 322 g/mol. The SMILES string of the molecule is Nc1ccc(N(C(=O)Cc2ccc3[nH]ccc3c2)c2ccccc2)cc1. The molecule has 1 aromatic heterocycles. The van der Waals surface area contributed by atoms with E-state index < -0.39 is 0 Å². The molecule has 0 radical (unpaired) electrons. The molecule has 0 aliphatic heterocycles. The van der Waals surface area contributed by atoms with E-state index in [0.29, 0.717) is 12.1 Å². The highest BCUT2D eigenvalue weighted by molar-refractivity contribution is 6.02. The number of nitrogens with one attached hydrogen (secondary N) is 1. The number of benzene rings is 3. The average Bonchev–Trinajstić information content (AvgIpc) is 3.12. The number of hydrogen-bond acceptors (Lipinski definition) is 2. The maximum atomic E-state index is 13.2. The summed E-state index contributed by atoms with van der Waals surface area (Å²) in [5.41, 5.74) is 10.2. The minimum Gasteiger partial charge on any atom is -0.399 e. The van der Waals surface area contributed by atoms with E-state index in [1.807, 2.05) is 79.0 Å². The van der Waals surface area contributed by atoms with E-state index in [0.717, 1.165) is 27.8 Å². The number of aromatic nitrogens is 1. The summed E-state index contributed by atoms with van der Waals surface area (Å²) in [4.78, 5) is 18.1. The van der Waals surface area contributed by atoms with Crippen molar-refractivity contribution in [2.45, 2.75) is 6.42 Å². The summed E-state index contributed by atoms with van der Waals surface area (Å²) >= 11 is 0. The Hall–Kier alpha value is -3.53. The van der Waals surface area contributed by atoms with Crippen molar-refractivity contribution in [2.75, 3.05) is 10.6 Å². The molecule has 0 saturated heterocycles. The van der Waals surface area contributed by atoms with E-state index >= 15 is 0 Å². The molecule has 0 aliphatic rings. The van der Waals surface area contributed by atoms with Crippen molar-refractivity contribution >= 4 is 33.9 Å². The van der Waals surface area contributed by atoms with E-state index in [1.165, 1.54) is 0 Å². The number of H-pyrrole nitrogens is 1. The van der Waals surface area contributed by atoms with Crippen LogP contribution in [0, 0.1) is 0 Å². The van der Waals surface area contributed by atoms with Crippen molar-refractivity contribution in [3.8, 4) is 0 Å². The highest BCUT2D eigenvalue weighted by Crippen LogP contribution is 2.27. The van der Waals surface area contributed by atoms with Gasteiger partial charge in [-0.15, -0.1) is 0 Å². The van der Waals surface area contributed by atoms with Crippen molar-refractivity contribution in [1.29, 1.82) is 0 Å². The van der Waals surface area contributed by atoms with Crippen LogP contribution in [0.5, 0.6) is 0 Å². The number of amides is 1. The first-order chi connectivity index (χ1) is 12.7. The fourth-order valence-electron chi connectivity index (χ4n) is 3.10. The number of anilines is 3. The Kier molecular flexibility index (Phi) is 4.15. The minimum absolute atomic E-state index is 0.0101. The second-order valence-electron chi connectivity index (χ2n) is 6.23. The fraction of sp³-hybridized carbons (Fsp3) is 0.0455. The van der Waals surface area contributed by atoms with Crippen molar-refractivity contribution in [3.63, 3.8) is 0 Å². The maximum absolute atomic E-state index is 13.2. The van der Waals surface area contributed by atoms with Crippen LogP contribution in [0.2, 0.25) is 0 Å². The lowest BCUT2D eigenvalue weighted by Crippen LogP contribution is -2.27. The molecule has 3 N–H and O–H groups in total. The Bertz CT molecular complexity index is 1040. The predicted molar refractivity (Wildman–Crippen MR) is 106 cm³/mol. The first-order valence-corrected chi connectivity index (χ1v) is 8.50. The fourth-order valence-corrected chi connectivity index (χ4v) is 3.10. The molecule has 128 valence electrons. The number of nitrogens with two attached hydrogens (primary N) is 1. The summed E-state index contributed by atoms with van der Waals surface area (Å²) in [6.07, 6.45) is 2.22. The first-order valence-electron chi connectivity index (χ1n) is 8.50. The zero-order chi connectivity index (χ0) is 17.9. The highest BCUT2D eigenvalue weighted by Gasteiger charge is 2.18. The van der Waals surface area contributed by atoms with Gasteiger partial charge < -0.3 is 10.7 Å². The molecule has 1 heterocycles. The lowest BCUT2D eigenvalue weighted by Gasteiger charge is -2.23. The van der Waals surface area contributed by atoms with Gasteiger partial charge >= 0.3 is 0 Å². The van der Waals surface area contributed by atoms with Gasteiger partial charge in [-0.2, -0.15) is 0 Å². The van der Waals surface area contributed by atoms with Crippen molar-refractivity contribution in [1.82, 2.24) is 4.98 Å². The van der Waals surface area contributed by atoms with E-state index in [9.17, 15) is 4.79 Å². The van der Waals surface area contributed by atoms with Gasteiger partial charge in [-0.05, 0) is 65.5 Å². The van der Waals surface area contributed by atoms with Crippen molar-refractivity contribution < 1.29 is 4.79 Å². The summed E-state index contributed by atoms with van der Waals surface area (Å²) in [5.74, 6) is 0.0101. The topological polar surface area (TPSA) is 62.1 Å². The molecule has 26 heavy (non-hydrogen) atoms. The van der Waals surface area contributed by atoms with Crippen LogP contribution in [-0.4, -0.2) is 10.9 Å². The third-order valence-electron chi connectivity index (χ3n) is 4.39. The van der Waals surface area contributed by atoms with Crippen LogP contribution in [0.3, 0.4) is 0 Å². The molecule has 0 spiro atoms. The van der Waals surface area contributed by atoms with Gasteiger partial charge in [0.2, 0.25) is 5.91 Å². The number of hydrogen-bond donors (Lipinski definition) is 2. The smallest absolute Gasteiger partial charge is 0.235 e. The van der Waals surface area contributed by atoms with Gasteiger partial charge in [0.25, 0.3) is 0 Å². The molecule has 4 nitrogen and oxygen atoms in total. The first kappa shape index (κ1) is 16.0. The second-order valence-corrected chi connectivity index (χ2v) is 6.23. The monoisotopic (exact) mass is 341 g/mol. The van der Waals surface area contributed by atoms with Gasteiger partial charge in [-0.3, -0.25) is 9.69 Å². The van der Waals surface area contributed by atoms with Gasteiger partial charge in [-0.25, -0.2) is 0 Å². The van der Waals surface area contributed by atoms with Gasteiger partial charge in [0.05, 0.1) is 6.42 Å². The van der Waals surface area contributed by atoms with Crippen LogP contribution in [0.25, 0.3) is 10.9 Å². The number of nitrogen functional groups attached to an aromatic ring is 1. The average molecular weight is 341 g/mol. The number of aromatic amines is 1. The van der Waals surface area contributed by atoms with Crippen LogP contribution >= 0.6 is 0 Å². The Morgan fingerprint density at radius 2 is 1.62 bits per heavy atom. The highest BCUT2D eigenvalue weighted by atomic mass is 16.2. The number of nitrogens with zero attached hydrogens (tertiary/aromatic N) is 1. The van der Waals surface area contributed by atoms with Crippen molar-refractivity contribution in [2.24, 2.45) is 0 Å². The van der Waals surface area contributed by atoms with E-state index in [2.05, 4.69) is 11.1 Å². The van der Waals surface area contributed by atoms with E-state index in [4.69, 9.17) is 5.73 Å². The molecular formula is C22H19N3O. The molecule has 0 fully saturated rings. The van der Waals surface area contributed by atoms with Crippen LogP contribution in [0.1, 0.15) is 5.56 Å². The molecule has 0 aliphatic carbocycles. The summed E-state index contributed by atoms with van der Waals surface area (Å²) in [5, 5.41) is 1.11. The van der Waals surface area contributed by atoms with Gasteiger partial charge in [-0.1, -0.05) is 24.3 Å². The van der Waals surface area contributed by atoms with Gasteiger partial charge in [0.1, 0.15) is 0 Å². The Balaban J connectivity index is 1.68. The number of rotatable bonds is 4. The van der Waals surface area contributed by atoms with Crippen LogP contribution < -0.4 is 10.6 Å². The molecule has 3 aromatic carbocycles. The Morgan fingerprint density at radius 3 is 2.38 bits per heavy atom. The van der Waals surface area contributed by atoms with Crippen LogP contribution in [0.15, 0.2) is 85.1 Å². The quantitative estimate of drug-likeness (QED) is 0.530. The second kappa shape index (κ2) is 6.76. The van der Waals surface area contributed by atoms with Gasteiger partial charge in [0, 0.05) is 28.8 Å². The lowest BCUT2D eigenvalue weighted by molar-refractivity contribution is -0.117. The molecule has 4 rings (SSSR count). The van der Waals surface area contributed by atoms with Crippen molar-refractivity contribution in [3.05, 3.63) is 90.6 Å². The predicted octanol–water partition coefficient (Wildman–Crippen LogP) is 4.66. The third-order valence-corrected chi connectivity index (χ3v) is 4.39. The summed E-state index contributed by atoms with van der Waals surface area (Å²) in [6.45, 7) is 0. The molecule has 0 saturated carbocycles. The van der Waals surface area contributed by atoms with E-state index in [1.54, 1.807) is 4.90 Å². The summed E-state index contributed by atoms with van der Waals surface area (Å²) < 4.78 is 0.